The molecule has 74 valence electrons. The van der Waals surface area contributed by atoms with E-state index in [1.54, 1.807) is 13.1 Å². The van der Waals surface area contributed by atoms with Gasteiger partial charge in [-0.05, 0) is 0 Å². The van der Waals surface area contributed by atoms with Crippen LogP contribution in [0, 0.1) is 0 Å². The molecule has 0 unspecified atom stereocenters. The first-order valence-electron chi connectivity index (χ1n) is 4.10. The zero-order valence-electron chi connectivity index (χ0n) is 7.94. The highest BCUT2D eigenvalue weighted by Gasteiger charge is 2.11. The number of aromatic nitrogens is 5. The molecule has 2 rings (SSSR count). The molecule has 0 saturated carbocycles. The summed E-state index contributed by atoms with van der Waals surface area (Å²) in [5, 5.41) is 17.4. The van der Waals surface area contributed by atoms with Crippen LogP contribution in [0.15, 0.2) is 6.07 Å². The molecule has 2 aromatic rings. The fourth-order valence-corrected chi connectivity index (χ4v) is 1.23. The monoisotopic (exact) mass is 193 g/mol. The molecule has 4 N–H and O–H groups in total. The molecule has 0 atom stereocenters. The summed E-state index contributed by atoms with van der Waals surface area (Å²) in [6.07, 6.45) is 0. The number of anilines is 2. The van der Waals surface area contributed by atoms with E-state index in [0.29, 0.717) is 17.6 Å². The van der Waals surface area contributed by atoms with E-state index < -0.39 is 0 Å². The van der Waals surface area contributed by atoms with E-state index in [1.165, 1.54) is 0 Å². The normalized spacial score (nSPS) is 10.4. The second kappa shape index (κ2) is 3.02. The van der Waals surface area contributed by atoms with Gasteiger partial charge in [0.15, 0.2) is 5.82 Å². The zero-order chi connectivity index (χ0) is 10.1. The minimum atomic E-state index is 0.439. The van der Waals surface area contributed by atoms with Crippen molar-refractivity contribution in [1.29, 1.82) is 0 Å². The quantitative estimate of drug-likeness (QED) is 0.615. The second-order valence-corrected chi connectivity index (χ2v) is 2.86. The van der Waals surface area contributed by atoms with Crippen LogP contribution in [0.5, 0.6) is 0 Å². The number of nitrogen functional groups attached to an aromatic ring is 1. The van der Waals surface area contributed by atoms with E-state index in [1.807, 2.05) is 11.6 Å². The SMILES string of the molecule is CNc1nnc(-c2cc(N)n[nH]2)n1C. The Bertz CT molecular complexity index is 441. The van der Waals surface area contributed by atoms with Crippen LogP contribution in [0.1, 0.15) is 0 Å². The lowest BCUT2D eigenvalue weighted by atomic mass is 10.4. The molecular formula is C7H11N7. The Balaban J connectivity index is 2.46. The largest absolute Gasteiger partial charge is 0.382 e. The highest BCUT2D eigenvalue weighted by atomic mass is 15.3. The van der Waals surface area contributed by atoms with Gasteiger partial charge in [0.05, 0.1) is 0 Å². The summed E-state index contributed by atoms with van der Waals surface area (Å²) in [4.78, 5) is 0. The standard InChI is InChI=1S/C7H11N7/c1-9-7-13-12-6(14(7)2)4-3-5(8)11-10-4/h3H,1-2H3,(H,9,13)(H3,8,10,11). The van der Waals surface area contributed by atoms with Crippen molar-refractivity contribution in [3.63, 3.8) is 0 Å². The maximum Gasteiger partial charge on any atom is 0.224 e. The number of H-pyrrole nitrogens is 1. The number of hydrogen-bond acceptors (Lipinski definition) is 5. The molecule has 0 radical (unpaired) electrons. The van der Waals surface area contributed by atoms with Crippen molar-refractivity contribution in [1.82, 2.24) is 25.0 Å². The molecule has 0 aromatic carbocycles. The maximum absolute atomic E-state index is 5.49. The summed E-state index contributed by atoms with van der Waals surface area (Å²) >= 11 is 0. The highest BCUT2D eigenvalue weighted by molar-refractivity contribution is 5.55. The lowest BCUT2D eigenvalue weighted by molar-refractivity contribution is 0.915. The molecule has 2 aromatic heterocycles. The Morgan fingerprint density at radius 1 is 1.50 bits per heavy atom. The topological polar surface area (TPSA) is 97.4 Å². The van der Waals surface area contributed by atoms with Gasteiger partial charge in [-0.25, -0.2) is 0 Å². The van der Waals surface area contributed by atoms with Crippen molar-refractivity contribution in [3.8, 4) is 11.5 Å². The van der Waals surface area contributed by atoms with Crippen molar-refractivity contribution < 1.29 is 0 Å². The number of rotatable bonds is 2. The first-order chi connectivity index (χ1) is 6.72. The highest BCUT2D eigenvalue weighted by Crippen LogP contribution is 2.17. The molecule has 7 nitrogen and oxygen atoms in total. The summed E-state index contributed by atoms with van der Waals surface area (Å²) in [6.45, 7) is 0. The van der Waals surface area contributed by atoms with E-state index in [-0.39, 0.29) is 0 Å². The number of nitrogens with two attached hydrogens (primary N) is 1. The zero-order valence-corrected chi connectivity index (χ0v) is 7.94. The molecule has 0 aliphatic rings. The fraction of sp³-hybridized carbons (Fsp3) is 0.286. The van der Waals surface area contributed by atoms with Gasteiger partial charge in [-0.3, -0.25) is 9.67 Å². The molecule has 0 spiro atoms. The Hall–Kier alpha value is -2.05. The second-order valence-electron chi connectivity index (χ2n) is 2.86. The molecule has 0 saturated heterocycles. The maximum atomic E-state index is 5.49. The lowest BCUT2D eigenvalue weighted by Gasteiger charge is -1.99. The number of nitrogens with one attached hydrogen (secondary N) is 2. The van der Waals surface area contributed by atoms with E-state index >= 15 is 0 Å². The van der Waals surface area contributed by atoms with E-state index in [9.17, 15) is 0 Å². The summed E-state index contributed by atoms with van der Waals surface area (Å²) in [5.41, 5.74) is 6.24. The fourth-order valence-electron chi connectivity index (χ4n) is 1.23. The van der Waals surface area contributed by atoms with Gasteiger partial charge in [0.2, 0.25) is 5.95 Å². The third kappa shape index (κ3) is 1.18. The van der Waals surface area contributed by atoms with Gasteiger partial charge in [0.1, 0.15) is 11.5 Å². The summed E-state index contributed by atoms with van der Waals surface area (Å²) in [7, 11) is 3.65. The average Bonchev–Trinajstić information content (AvgIpc) is 2.72. The van der Waals surface area contributed by atoms with E-state index in [4.69, 9.17) is 5.73 Å². The van der Waals surface area contributed by atoms with Crippen molar-refractivity contribution >= 4 is 11.8 Å². The van der Waals surface area contributed by atoms with Crippen LogP contribution in [-0.2, 0) is 7.05 Å². The summed E-state index contributed by atoms with van der Waals surface area (Å²) < 4.78 is 1.81. The van der Waals surface area contributed by atoms with Gasteiger partial charge < -0.3 is 11.1 Å². The predicted molar refractivity (Wildman–Crippen MR) is 52.5 cm³/mol. The van der Waals surface area contributed by atoms with Gasteiger partial charge in [0, 0.05) is 20.2 Å². The number of hydrogen-bond donors (Lipinski definition) is 3. The van der Waals surface area contributed by atoms with Crippen LogP contribution in [0.25, 0.3) is 11.5 Å². The Morgan fingerprint density at radius 3 is 2.79 bits per heavy atom. The Kier molecular flexibility index (Phi) is 1.84. The van der Waals surface area contributed by atoms with Gasteiger partial charge >= 0.3 is 0 Å². The molecule has 0 bridgehead atoms. The van der Waals surface area contributed by atoms with Crippen LogP contribution in [0.4, 0.5) is 11.8 Å². The molecular weight excluding hydrogens is 182 g/mol. The molecule has 2 heterocycles. The Morgan fingerprint density at radius 2 is 2.29 bits per heavy atom. The Labute approximate surface area is 80.3 Å². The third-order valence-electron chi connectivity index (χ3n) is 1.94. The first kappa shape index (κ1) is 8.54. The van der Waals surface area contributed by atoms with Crippen LogP contribution in [-0.4, -0.2) is 32.0 Å². The third-order valence-corrected chi connectivity index (χ3v) is 1.94. The average molecular weight is 193 g/mol. The molecule has 7 heteroatoms. The van der Waals surface area contributed by atoms with Gasteiger partial charge in [-0.1, -0.05) is 0 Å². The number of nitrogens with zero attached hydrogens (tertiary/aromatic N) is 4. The first-order valence-corrected chi connectivity index (χ1v) is 4.10. The molecule has 0 aliphatic carbocycles. The number of aromatic amines is 1. The van der Waals surface area contributed by atoms with Crippen molar-refractivity contribution in [3.05, 3.63) is 6.07 Å². The van der Waals surface area contributed by atoms with Crippen LogP contribution < -0.4 is 11.1 Å². The minimum absolute atomic E-state index is 0.439. The van der Waals surface area contributed by atoms with Crippen molar-refractivity contribution in [2.75, 3.05) is 18.1 Å². The van der Waals surface area contributed by atoms with Crippen molar-refractivity contribution in [2.24, 2.45) is 7.05 Å². The van der Waals surface area contributed by atoms with Crippen molar-refractivity contribution in [2.45, 2.75) is 0 Å². The lowest BCUT2D eigenvalue weighted by Crippen LogP contribution is -1.99. The molecule has 0 fully saturated rings. The van der Waals surface area contributed by atoms with Crippen LogP contribution in [0.2, 0.25) is 0 Å². The summed E-state index contributed by atoms with van der Waals surface area (Å²) in [5.74, 6) is 1.82. The van der Waals surface area contributed by atoms with E-state index in [2.05, 4.69) is 25.7 Å². The predicted octanol–water partition coefficient (Wildman–Crippen LogP) is -0.171. The van der Waals surface area contributed by atoms with E-state index in [0.717, 1.165) is 5.69 Å². The van der Waals surface area contributed by atoms with Gasteiger partial charge in [0.25, 0.3) is 0 Å². The minimum Gasteiger partial charge on any atom is -0.382 e. The smallest absolute Gasteiger partial charge is 0.224 e. The molecule has 0 aliphatic heterocycles. The molecule has 0 amide bonds. The van der Waals surface area contributed by atoms with Crippen LogP contribution in [0.3, 0.4) is 0 Å². The van der Waals surface area contributed by atoms with Gasteiger partial charge in [-0.15, -0.1) is 10.2 Å². The van der Waals surface area contributed by atoms with Crippen LogP contribution >= 0.6 is 0 Å². The van der Waals surface area contributed by atoms with Gasteiger partial charge in [-0.2, -0.15) is 5.10 Å². The molecule has 14 heavy (non-hydrogen) atoms. The summed E-state index contributed by atoms with van der Waals surface area (Å²) in [6, 6.07) is 1.71.